The van der Waals surface area contributed by atoms with E-state index in [0.29, 0.717) is 24.3 Å². The lowest BCUT2D eigenvalue weighted by molar-refractivity contribution is -0.173. The highest BCUT2D eigenvalue weighted by molar-refractivity contribution is 5.93. The number of carbonyl (C=O) groups excluding carboxylic acids is 2. The van der Waals surface area contributed by atoms with Crippen molar-refractivity contribution in [3.05, 3.63) is 59.2 Å². The van der Waals surface area contributed by atoms with Crippen LogP contribution in [0.4, 0.5) is 10.1 Å². The van der Waals surface area contributed by atoms with Crippen molar-refractivity contribution in [2.75, 3.05) is 11.9 Å². The maximum absolute atomic E-state index is 14.6. The van der Waals surface area contributed by atoms with Crippen LogP contribution in [0.1, 0.15) is 55.8 Å². The summed E-state index contributed by atoms with van der Waals surface area (Å²) in [5, 5.41) is 0. The number of ketones is 1. The van der Waals surface area contributed by atoms with Crippen LogP contribution in [0.5, 0.6) is 0 Å². The van der Waals surface area contributed by atoms with Gasteiger partial charge in [-0.1, -0.05) is 19.1 Å². The number of rotatable bonds is 7. The van der Waals surface area contributed by atoms with Gasteiger partial charge in [0.25, 0.3) is 0 Å². The van der Waals surface area contributed by atoms with Crippen molar-refractivity contribution >= 4 is 17.4 Å². The van der Waals surface area contributed by atoms with Crippen molar-refractivity contribution in [2.45, 2.75) is 57.8 Å². The molecule has 1 aromatic heterocycles. The minimum Gasteiger partial charge on any atom is -0.313 e. The van der Waals surface area contributed by atoms with E-state index >= 15 is 0 Å². The van der Waals surface area contributed by atoms with Crippen LogP contribution in [0.25, 0.3) is 0 Å². The molecule has 0 atom stereocenters. The monoisotopic (exact) mass is 394 g/mol. The van der Waals surface area contributed by atoms with Gasteiger partial charge in [-0.25, -0.2) is 4.39 Å². The summed E-state index contributed by atoms with van der Waals surface area (Å²) in [4.78, 5) is 30.3. The van der Waals surface area contributed by atoms with E-state index in [0.717, 1.165) is 42.5 Å². The topological polar surface area (TPSA) is 50.3 Å². The molecule has 3 aliphatic rings. The molecule has 0 radical (unpaired) electrons. The van der Waals surface area contributed by atoms with Gasteiger partial charge in [0.05, 0.1) is 5.69 Å². The Balaban J connectivity index is 1.38. The Kier molecular flexibility index (Phi) is 4.80. The number of Topliss-reactive ketones (excluding diaryl/α,β-unsaturated/α-hetero) is 1. The smallest absolute Gasteiger partial charge is 0.226 e. The summed E-state index contributed by atoms with van der Waals surface area (Å²) >= 11 is 0. The Bertz CT molecular complexity index is 948. The predicted molar refractivity (Wildman–Crippen MR) is 110 cm³/mol. The fourth-order valence-corrected chi connectivity index (χ4v) is 5.04. The molecule has 2 bridgehead atoms. The minimum absolute atomic E-state index is 0.0617. The summed E-state index contributed by atoms with van der Waals surface area (Å²) in [5.74, 6) is -0.162. The van der Waals surface area contributed by atoms with Crippen molar-refractivity contribution in [1.29, 1.82) is 0 Å². The average molecular weight is 394 g/mol. The van der Waals surface area contributed by atoms with Crippen LogP contribution in [0.3, 0.4) is 0 Å². The van der Waals surface area contributed by atoms with Gasteiger partial charge >= 0.3 is 0 Å². The zero-order valence-electron chi connectivity index (χ0n) is 17.3. The summed E-state index contributed by atoms with van der Waals surface area (Å²) in [6, 6.07) is 9.17. The number of amides is 1. The third kappa shape index (κ3) is 3.26. The number of aromatic nitrogens is 1. The summed E-state index contributed by atoms with van der Waals surface area (Å²) < 4.78 is 14.6. The SMILES string of the molecule is CCC(=O)N(C)c1ccc(C23CC(C(=O)CCc4ccc(C)nc4)(C2)C3)cc1F. The van der Waals surface area contributed by atoms with Crippen LogP contribution in [-0.4, -0.2) is 23.7 Å². The van der Waals surface area contributed by atoms with Crippen molar-refractivity contribution in [2.24, 2.45) is 5.41 Å². The summed E-state index contributed by atoms with van der Waals surface area (Å²) in [5.41, 5.74) is 3.06. The molecule has 152 valence electrons. The van der Waals surface area contributed by atoms with E-state index in [4.69, 9.17) is 0 Å². The number of hydrogen-bond donors (Lipinski definition) is 0. The van der Waals surface area contributed by atoms with Gasteiger partial charge in [0, 0.05) is 37.2 Å². The van der Waals surface area contributed by atoms with E-state index in [9.17, 15) is 14.0 Å². The number of nitrogens with zero attached hydrogens (tertiary/aromatic N) is 2. The standard InChI is InChI=1S/C24H27FN2O2/c1-4-22(29)27(3)20-9-8-18(11-19(20)25)23-13-24(14-23,15-23)21(28)10-7-17-6-5-16(2)26-12-17/h5-6,8-9,11-12H,4,7,10,13-15H2,1-3H3. The highest BCUT2D eigenvalue weighted by atomic mass is 19.1. The molecule has 1 aromatic carbocycles. The molecular formula is C24H27FN2O2. The highest BCUT2D eigenvalue weighted by Crippen LogP contribution is 2.74. The van der Waals surface area contributed by atoms with Crippen molar-refractivity contribution in [3.63, 3.8) is 0 Å². The van der Waals surface area contributed by atoms with Gasteiger partial charge in [0.1, 0.15) is 11.6 Å². The van der Waals surface area contributed by atoms with E-state index in [1.54, 1.807) is 26.1 Å². The number of hydrogen-bond acceptors (Lipinski definition) is 3. The average Bonchev–Trinajstić information content (AvgIpc) is 2.64. The van der Waals surface area contributed by atoms with Crippen LogP contribution in [0.2, 0.25) is 0 Å². The molecular weight excluding hydrogens is 367 g/mol. The molecule has 0 aliphatic heterocycles. The number of aryl methyl sites for hydroxylation is 2. The molecule has 5 heteroatoms. The van der Waals surface area contributed by atoms with Crippen molar-refractivity contribution in [3.8, 4) is 0 Å². The van der Waals surface area contributed by atoms with Gasteiger partial charge in [-0.2, -0.15) is 0 Å². The third-order valence-corrected chi connectivity index (χ3v) is 6.83. The van der Waals surface area contributed by atoms with Crippen LogP contribution in [0, 0.1) is 18.2 Å². The first-order valence-electron chi connectivity index (χ1n) is 10.3. The molecule has 1 heterocycles. The molecule has 4 nitrogen and oxygen atoms in total. The fraction of sp³-hybridized carbons (Fsp3) is 0.458. The number of benzene rings is 1. The van der Waals surface area contributed by atoms with Gasteiger partial charge in [-0.15, -0.1) is 0 Å². The predicted octanol–water partition coefficient (Wildman–Crippen LogP) is 4.53. The first-order chi connectivity index (χ1) is 13.8. The Morgan fingerprint density at radius 1 is 1.17 bits per heavy atom. The zero-order chi connectivity index (χ0) is 20.8. The second-order valence-corrected chi connectivity index (χ2v) is 8.79. The fourth-order valence-electron chi connectivity index (χ4n) is 5.04. The lowest BCUT2D eigenvalue weighted by Gasteiger charge is -2.70. The molecule has 3 fully saturated rings. The highest BCUT2D eigenvalue weighted by Gasteiger charge is 2.71. The van der Waals surface area contributed by atoms with Gasteiger partial charge in [0.15, 0.2) is 0 Å². The largest absolute Gasteiger partial charge is 0.313 e. The van der Waals surface area contributed by atoms with E-state index in [-0.39, 0.29) is 22.6 Å². The Hall–Kier alpha value is -2.56. The molecule has 1 amide bonds. The number of pyridine rings is 1. The quantitative estimate of drug-likeness (QED) is 0.693. The normalized spacial score (nSPS) is 24.4. The summed E-state index contributed by atoms with van der Waals surface area (Å²) in [7, 11) is 1.60. The van der Waals surface area contributed by atoms with E-state index < -0.39 is 0 Å². The minimum atomic E-state index is -0.372. The Morgan fingerprint density at radius 2 is 1.90 bits per heavy atom. The first-order valence-corrected chi connectivity index (χ1v) is 10.3. The van der Waals surface area contributed by atoms with E-state index in [2.05, 4.69) is 4.98 Å². The van der Waals surface area contributed by atoms with Crippen LogP contribution >= 0.6 is 0 Å². The van der Waals surface area contributed by atoms with Crippen molar-refractivity contribution < 1.29 is 14.0 Å². The first kappa shape index (κ1) is 19.7. The second-order valence-electron chi connectivity index (χ2n) is 8.79. The van der Waals surface area contributed by atoms with Crippen LogP contribution in [-0.2, 0) is 21.4 Å². The van der Waals surface area contributed by atoms with Gasteiger partial charge in [-0.05, 0) is 67.3 Å². The Labute approximate surface area is 171 Å². The second kappa shape index (κ2) is 7.05. The molecule has 29 heavy (non-hydrogen) atoms. The molecule has 0 spiro atoms. The zero-order valence-corrected chi connectivity index (χ0v) is 17.3. The number of anilines is 1. The lowest BCUT2D eigenvalue weighted by atomic mass is 9.32. The molecule has 0 unspecified atom stereocenters. The van der Waals surface area contributed by atoms with Crippen LogP contribution in [0.15, 0.2) is 36.5 Å². The molecule has 0 N–H and O–H groups in total. The molecule has 3 saturated carbocycles. The lowest BCUT2D eigenvalue weighted by Crippen LogP contribution is -2.67. The summed E-state index contributed by atoms with van der Waals surface area (Å²) in [6.07, 6.45) is 5.89. The number of carbonyl (C=O) groups is 2. The van der Waals surface area contributed by atoms with E-state index in [1.165, 1.54) is 4.90 Å². The summed E-state index contributed by atoms with van der Waals surface area (Å²) in [6.45, 7) is 3.71. The molecule has 2 aromatic rings. The molecule has 0 saturated heterocycles. The van der Waals surface area contributed by atoms with Crippen molar-refractivity contribution in [1.82, 2.24) is 4.98 Å². The van der Waals surface area contributed by atoms with Crippen LogP contribution < -0.4 is 4.90 Å². The maximum atomic E-state index is 14.6. The number of halogens is 1. The van der Waals surface area contributed by atoms with Gasteiger partial charge in [0.2, 0.25) is 5.91 Å². The van der Waals surface area contributed by atoms with Gasteiger partial charge < -0.3 is 4.90 Å². The third-order valence-electron chi connectivity index (χ3n) is 6.83. The Morgan fingerprint density at radius 3 is 2.48 bits per heavy atom. The molecule has 5 rings (SSSR count). The van der Waals surface area contributed by atoms with E-state index in [1.807, 2.05) is 31.3 Å². The maximum Gasteiger partial charge on any atom is 0.226 e. The van der Waals surface area contributed by atoms with Gasteiger partial charge in [-0.3, -0.25) is 14.6 Å². The molecule has 3 aliphatic carbocycles.